The molecule has 45 heavy (non-hydrogen) atoms. The van der Waals surface area contributed by atoms with E-state index in [1.807, 2.05) is 68.4 Å². The van der Waals surface area contributed by atoms with Gasteiger partial charge in [0.15, 0.2) is 0 Å². The number of nitrogens with one attached hydrogen (secondary N) is 2. The second-order valence-electron chi connectivity index (χ2n) is 10.2. The fourth-order valence-corrected chi connectivity index (χ4v) is 5.93. The molecule has 11 heteroatoms. The Morgan fingerprint density at radius 1 is 0.933 bits per heavy atom. The number of aromatic nitrogens is 2. The Morgan fingerprint density at radius 2 is 1.67 bits per heavy atom. The van der Waals surface area contributed by atoms with Gasteiger partial charge < -0.3 is 20.1 Å². The van der Waals surface area contributed by atoms with Gasteiger partial charge in [-0.1, -0.05) is 44.5 Å². The Hall–Kier alpha value is -4.74. The van der Waals surface area contributed by atoms with Crippen molar-refractivity contribution >= 4 is 50.7 Å². The first kappa shape index (κ1) is 31.7. The summed E-state index contributed by atoms with van der Waals surface area (Å²) in [6.07, 6.45) is 2.36. The van der Waals surface area contributed by atoms with Crippen LogP contribution in [0.25, 0.3) is 16.3 Å². The lowest BCUT2D eigenvalue weighted by molar-refractivity contribution is -0.144. The van der Waals surface area contributed by atoms with Gasteiger partial charge >= 0.3 is 5.97 Å². The number of rotatable bonds is 11. The Bertz CT molecular complexity index is 1800. The van der Waals surface area contributed by atoms with Crippen molar-refractivity contribution in [2.75, 3.05) is 12.4 Å². The van der Waals surface area contributed by atoms with E-state index in [0.717, 1.165) is 8.66 Å². The number of carbonyl (C=O) groups is 3. The highest BCUT2D eigenvalue weighted by Crippen LogP contribution is 2.34. The normalized spacial score (nSPS) is 12.2. The number of methoxy groups -OCH3 is 1. The molecule has 0 spiro atoms. The monoisotopic (exact) mass is 686 g/mol. The molecule has 2 amide bonds. The van der Waals surface area contributed by atoms with Crippen molar-refractivity contribution < 1.29 is 23.9 Å². The molecule has 230 valence electrons. The minimum absolute atomic E-state index is 0.0936. The fraction of sp³-hybridized carbons (Fsp3) is 0.176. The predicted molar refractivity (Wildman–Crippen MR) is 178 cm³/mol. The van der Waals surface area contributed by atoms with Crippen LogP contribution < -0.4 is 15.4 Å². The van der Waals surface area contributed by atoms with Crippen LogP contribution in [0.5, 0.6) is 11.5 Å². The third-order valence-corrected chi connectivity index (χ3v) is 8.82. The van der Waals surface area contributed by atoms with Crippen LogP contribution >= 0.6 is 27.3 Å². The Balaban J connectivity index is 1.38. The minimum atomic E-state index is -0.752. The van der Waals surface area contributed by atoms with Gasteiger partial charge in [0.1, 0.15) is 23.2 Å². The molecule has 2 aromatic heterocycles. The largest absolute Gasteiger partial charge is 0.467 e. The first-order valence-electron chi connectivity index (χ1n) is 14.2. The number of ether oxygens (including phenoxy) is 2. The average molecular weight is 688 g/mol. The highest BCUT2D eigenvalue weighted by molar-refractivity contribution is 9.11. The van der Waals surface area contributed by atoms with Gasteiger partial charge in [0.05, 0.1) is 27.0 Å². The van der Waals surface area contributed by atoms with Crippen molar-refractivity contribution in [2.45, 2.75) is 26.3 Å². The number of amides is 2. The second kappa shape index (κ2) is 14.4. The first-order chi connectivity index (χ1) is 21.7. The quantitative estimate of drug-likeness (QED) is 0.138. The van der Waals surface area contributed by atoms with Crippen LogP contribution in [0.4, 0.5) is 5.69 Å². The number of esters is 1. The molecule has 0 saturated heterocycles. The molecular formula is C34H31BrN4O5S. The van der Waals surface area contributed by atoms with E-state index in [0.29, 0.717) is 46.1 Å². The molecule has 2 N–H and O–H groups in total. The maximum Gasteiger partial charge on any atom is 0.328 e. The van der Waals surface area contributed by atoms with Crippen LogP contribution in [0.3, 0.4) is 0 Å². The van der Waals surface area contributed by atoms with E-state index in [2.05, 4.69) is 26.6 Å². The standard InChI is InChI=1S/C34H31BrN4O5S/c1-4-21(2)30(34(42)43-3)37-32(40)22-13-15-24(16-14-22)39-20-27(31(38-39)28-17-18-29(35)45-28)33(41)36-23-9-8-12-26(19-23)44-25-10-6-5-7-11-25/h5-21,30H,4H2,1-3H3,(H,36,41)(H,37,40)/t21-,30+/m1/s1. The van der Waals surface area contributed by atoms with E-state index in [1.54, 1.807) is 47.3 Å². The number of halogens is 1. The molecule has 0 bridgehead atoms. The van der Waals surface area contributed by atoms with Gasteiger partial charge in [-0.05, 0) is 82.5 Å². The smallest absolute Gasteiger partial charge is 0.328 e. The minimum Gasteiger partial charge on any atom is -0.467 e. The molecular weight excluding hydrogens is 656 g/mol. The zero-order chi connectivity index (χ0) is 31.9. The Labute approximate surface area is 273 Å². The van der Waals surface area contributed by atoms with Gasteiger partial charge in [0.25, 0.3) is 11.8 Å². The van der Waals surface area contributed by atoms with Crippen LogP contribution in [-0.4, -0.2) is 40.7 Å². The molecule has 0 aliphatic rings. The van der Waals surface area contributed by atoms with Gasteiger partial charge in [0.2, 0.25) is 0 Å². The van der Waals surface area contributed by atoms with E-state index < -0.39 is 12.0 Å². The molecule has 0 aliphatic carbocycles. The van der Waals surface area contributed by atoms with Crippen LogP contribution in [0.1, 0.15) is 41.0 Å². The average Bonchev–Trinajstić information content (AvgIpc) is 3.70. The van der Waals surface area contributed by atoms with Crippen LogP contribution in [-0.2, 0) is 9.53 Å². The molecule has 0 aliphatic heterocycles. The fourth-order valence-electron chi connectivity index (χ4n) is 4.54. The summed E-state index contributed by atoms with van der Waals surface area (Å²) >= 11 is 4.96. The van der Waals surface area contributed by atoms with Crippen molar-refractivity contribution in [3.8, 4) is 27.8 Å². The molecule has 2 heterocycles. The lowest BCUT2D eigenvalue weighted by Gasteiger charge is -2.21. The number of hydrogen-bond acceptors (Lipinski definition) is 7. The summed E-state index contributed by atoms with van der Waals surface area (Å²) in [6.45, 7) is 3.83. The number of thiophene rings is 1. The van der Waals surface area contributed by atoms with E-state index in [-0.39, 0.29) is 17.7 Å². The molecule has 5 rings (SSSR count). The number of carbonyl (C=O) groups excluding carboxylic acids is 3. The van der Waals surface area contributed by atoms with E-state index >= 15 is 0 Å². The maximum atomic E-state index is 13.6. The molecule has 3 aromatic carbocycles. The predicted octanol–water partition coefficient (Wildman–Crippen LogP) is 7.73. The van der Waals surface area contributed by atoms with Gasteiger partial charge in [-0.2, -0.15) is 5.10 Å². The van der Waals surface area contributed by atoms with E-state index in [9.17, 15) is 14.4 Å². The lowest BCUT2D eigenvalue weighted by Crippen LogP contribution is -2.45. The summed E-state index contributed by atoms with van der Waals surface area (Å²) < 4.78 is 13.3. The molecule has 9 nitrogen and oxygen atoms in total. The van der Waals surface area contributed by atoms with Crippen LogP contribution in [0.15, 0.2) is 101 Å². The van der Waals surface area contributed by atoms with Crippen molar-refractivity contribution in [3.63, 3.8) is 0 Å². The van der Waals surface area contributed by atoms with Crippen molar-refractivity contribution in [3.05, 3.63) is 112 Å². The van der Waals surface area contributed by atoms with Crippen LogP contribution in [0.2, 0.25) is 0 Å². The number of hydrogen-bond donors (Lipinski definition) is 2. The number of para-hydroxylation sites is 1. The third kappa shape index (κ3) is 7.68. The summed E-state index contributed by atoms with van der Waals surface area (Å²) in [5.74, 6) is -0.0324. The van der Waals surface area contributed by atoms with Crippen LogP contribution in [0, 0.1) is 5.92 Å². The summed E-state index contributed by atoms with van der Waals surface area (Å²) in [5, 5.41) is 10.5. The Morgan fingerprint density at radius 3 is 2.33 bits per heavy atom. The van der Waals surface area contributed by atoms with Crippen molar-refractivity contribution in [2.24, 2.45) is 5.92 Å². The van der Waals surface area contributed by atoms with Gasteiger partial charge in [-0.15, -0.1) is 11.3 Å². The molecule has 0 unspecified atom stereocenters. The number of anilines is 1. The summed E-state index contributed by atoms with van der Waals surface area (Å²) in [7, 11) is 1.30. The number of nitrogens with zero attached hydrogens (tertiary/aromatic N) is 2. The van der Waals surface area contributed by atoms with Gasteiger partial charge in [-0.3, -0.25) is 9.59 Å². The summed E-state index contributed by atoms with van der Waals surface area (Å²) in [5.41, 5.74) is 2.47. The van der Waals surface area contributed by atoms with Gasteiger partial charge in [-0.25, -0.2) is 9.48 Å². The summed E-state index contributed by atoms with van der Waals surface area (Å²) in [4.78, 5) is 39.7. The molecule has 0 fully saturated rings. The topological polar surface area (TPSA) is 112 Å². The highest BCUT2D eigenvalue weighted by atomic mass is 79.9. The van der Waals surface area contributed by atoms with E-state index in [1.165, 1.54) is 18.4 Å². The van der Waals surface area contributed by atoms with Crippen molar-refractivity contribution in [1.29, 1.82) is 0 Å². The van der Waals surface area contributed by atoms with E-state index in [4.69, 9.17) is 14.6 Å². The SMILES string of the molecule is CC[C@@H](C)[C@H](NC(=O)c1ccc(-n2cc(C(=O)Nc3cccc(Oc4ccccc4)c3)c(-c3ccc(Br)s3)n2)cc1)C(=O)OC. The zero-order valence-corrected chi connectivity index (χ0v) is 27.2. The molecule has 5 aromatic rings. The second-order valence-corrected chi connectivity index (χ2v) is 12.7. The van der Waals surface area contributed by atoms with Crippen molar-refractivity contribution in [1.82, 2.24) is 15.1 Å². The third-order valence-electron chi connectivity index (χ3n) is 7.19. The number of benzene rings is 3. The first-order valence-corrected chi connectivity index (χ1v) is 15.9. The Kier molecular flexibility index (Phi) is 10.1. The summed E-state index contributed by atoms with van der Waals surface area (Å²) in [6, 6.07) is 26.4. The molecule has 0 radical (unpaired) electrons. The lowest BCUT2D eigenvalue weighted by atomic mass is 9.99. The molecule has 2 atom stereocenters. The molecule has 0 saturated carbocycles. The highest BCUT2D eigenvalue weighted by Gasteiger charge is 2.27. The zero-order valence-electron chi connectivity index (χ0n) is 24.8. The van der Waals surface area contributed by atoms with Gasteiger partial charge in [0, 0.05) is 23.5 Å². The maximum absolute atomic E-state index is 13.6.